The highest BCUT2D eigenvalue weighted by atomic mass is 16.2. The van der Waals surface area contributed by atoms with E-state index in [9.17, 15) is 4.79 Å². The average Bonchev–Trinajstić information content (AvgIpc) is 3.11. The van der Waals surface area contributed by atoms with Crippen LogP contribution in [0.5, 0.6) is 0 Å². The first kappa shape index (κ1) is 15.3. The predicted molar refractivity (Wildman–Crippen MR) is 95.3 cm³/mol. The first-order valence-corrected chi connectivity index (χ1v) is 8.89. The lowest BCUT2D eigenvalue weighted by Crippen LogP contribution is -2.37. The number of rotatable bonds is 4. The highest BCUT2D eigenvalue weighted by Gasteiger charge is 2.50. The van der Waals surface area contributed by atoms with Crippen molar-refractivity contribution in [3.63, 3.8) is 0 Å². The maximum Gasteiger partial charge on any atom is 0.321 e. The van der Waals surface area contributed by atoms with Crippen LogP contribution in [0.2, 0.25) is 0 Å². The zero-order chi connectivity index (χ0) is 16.5. The van der Waals surface area contributed by atoms with Crippen LogP contribution in [0.15, 0.2) is 60.7 Å². The van der Waals surface area contributed by atoms with Crippen molar-refractivity contribution < 1.29 is 4.79 Å². The van der Waals surface area contributed by atoms with E-state index in [1.165, 1.54) is 17.5 Å². The lowest BCUT2D eigenvalue weighted by atomic mass is 10.0. The van der Waals surface area contributed by atoms with Crippen molar-refractivity contribution in [1.82, 2.24) is 9.80 Å². The van der Waals surface area contributed by atoms with E-state index in [0.717, 1.165) is 19.5 Å². The Morgan fingerprint density at radius 2 is 1.38 bits per heavy atom. The van der Waals surface area contributed by atoms with Crippen LogP contribution < -0.4 is 0 Å². The molecule has 4 rings (SSSR count). The number of carbonyl (C=O) groups excluding carboxylic acids is 1. The molecule has 2 aromatic rings. The molecule has 1 heterocycles. The second-order valence-corrected chi connectivity index (χ2v) is 7.12. The largest absolute Gasteiger partial charge is 0.321 e. The van der Waals surface area contributed by atoms with Gasteiger partial charge in [0.15, 0.2) is 0 Å². The summed E-state index contributed by atoms with van der Waals surface area (Å²) in [7, 11) is 0. The summed E-state index contributed by atoms with van der Waals surface area (Å²) in [5.74, 6) is 0.573. The lowest BCUT2D eigenvalue weighted by molar-refractivity contribution is 0.172. The van der Waals surface area contributed by atoms with Gasteiger partial charge in [-0.15, -0.1) is 0 Å². The van der Waals surface area contributed by atoms with Crippen molar-refractivity contribution >= 4 is 6.03 Å². The highest BCUT2D eigenvalue weighted by Crippen LogP contribution is 2.40. The van der Waals surface area contributed by atoms with E-state index < -0.39 is 0 Å². The Bertz CT molecular complexity index is 700. The van der Waals surface area contributed by atoms with Crippen LogP contribution in [-0.4, -0.2) is 27.9 Å². The topological polar surface area (TPSA) is 23.6 Å². The van der Waals surface area contributed by atoms with Gasteiger partial charge in [-0.05, 0) is 29.9 Å². The molecule has 2 amide bonds. The number of hydrogen-bond acceptors (Lipinski definition) is 1. The molecule has 0 spiro atoms. The van der Waals surface area contributed by atoms with Crippen molar-refractivity contribution in [3.8, 4) is 0 Å². The van der Waals surface area contributed by atoms with E-state index in [2.05, 4.69) is 41.0 Å². The quantitative estimate of drug-likeness (QED) is 0.824. The van der Waals surface area contributed by atoms with Crippen molar-refractivity contribution in [1.29, 1.82) is 0 Å². The van der Waals surface area contributed by atoms with E-state index in [1.54, 1.807) is 0 Å². The number of urea groups is 1. The Labute approximate surface area is 143 Å². The van der Waals surface area contributed by atoms with E-state index in [-0.39, 0.29) is 6.03 Å². The van der Waals surface area contributed by atoms with Gasteiger partial charge in [-0.25, -0.2) is 4.79 Å². The third-order valence-electron chi connectivity index (χ3n) is 5.54. The van der Waals surface area contributed by atoms with Crippen LogP contribution in [0.4, 0.5) is 4.79 Å². The molecule has 0 unspecified atom stereocenters. The van der Waals surface area contributed by atoms with Gasteiger partial charge >= 0.3 is 6.03 Å². The Morgan fingerprint density at radius 1 is 0.833 bits per heavy atom. The SMILES string of the molecule is C[C@@H]1CC[C@@H]2[C@H]1N(Cc1ccccc1)C(=O)N2Cc1ccccc1. The number of benzene rings is 2. The molecule has 24 heavy (non-hydrogen) atoms. The molecule has 0 bridgehead atoms. The molecule has 3 atom stereocenters. The zero-order valence-electron chi connectivity index (χ0n) is 14.1. The van der Waals surface area contributed by atoms with Crippen LogP contribution in [0.25, 0.3) is 0 Å². The molecule has 2 fully saturated rings. The molecular formula is C21H24N2O. The van der Waals surface area contributed by atoms with Crippen LogP contribution in [0.3, 0.4) is 0 Å². The molecule has 2 aromatic carbocycles. The van der Waals surface area contributed by atoms with Crippen LogP contribution in [0, 0.1) is 5.92 Å². The summed E-state index contributed by atoms with van der Waals surface area (Å²) >= 11 is 0. The Morgan fingerprint density at radius 3 is 1.96 bits per heavy atom. The average molecular weight is 320 g/mol. The number of carbonyl (C=O) groups is 1. The molecule has 124 valence electrons. The highest BCUT2D eigenvalue weighted by molar-refractivity contribution is 5.78. The van der Waals surface area contributed by atoms with E-state index in [4.69, 9.17) is 0 Å². The van der Waals surface area contributed by atoms with Crippen LogP contribution in [0.1, 0.15) is 30.9 Å². The van der Waals surface area contributed by atoms with Gasteiger partial charge in [0.05, 0.1) is 12.1 Å². The summed E-state index contributed by atoms with van der Waals surface area (Å²) in [5.41, 5.74) is 2.43. The summed E-state index contributed by atoms with van der Waals surface area (Å²) in [6.07, 6.45) is 2.33. The molecule has 0 aromatic heterocycles. The van der Waals surface area contributed by atoms with Crippen molar-refractivity contribution in [2.24, 2.45) is 5.92 Å². The van der Waals surface area contributed by atoms with Gasteiger partial charge in [0.2, 0.25) is 0 Å². The van der Waals surface area contributed by atoms with E-state index in [1.807, 2.05) is 36.4 Å². The minimum Gasteiger partial charge on any atom is -0.315 e. The standard InChI is InChI=1S/C21H24N2O/c1-16-12-13-19-20(16)23(15-18-10-6-3-7-11-18)21(24)22(19)14-17-8-4-2-5-9-17/h2-11,16,19-20H,12-15H2,1H3/t16-,19-,20+/m1/s1. The number of hydrogen-bond donors (Lipinski definition) is 0. The fourth-order valence-electron chi connectivity index (χ4n) is 4.36. The molecule has 3 nitrogen and oxygen atoms in total. The summed E-state index contributed by atoms with van der Waals surface area (Å²) in [6.45, 7) is 3.73. The fourth-order valence-corrected chi connectivity index (χ4v) is 4.36. The van der Waals surface area contributed by atoms with Gasteiger partial charge < -0.3 is 9.80 Å². The number of fused-ring (bicyclic) bond motifs is 1. The second kappa shape index (κ2) is 6.31. The van der Waals surface area contributed by atoms with Gasteiger partial charge in [0, 0.05) is 13.1 Å². The normalized spacial score (nSPS) is 26.0. The van der Waals surface area contributed by atoms with E-state index >= 15 is 0 Å². The predicted octanol–water partition coefficient (Wildman–Crippen LogP) is 4.29. The van der Waals surface area contributed by atoms with Crippen molar-refractivity contribution in [2.45, 2.75) is 44.9 Å². The first-order chi connectivity index (χ1) is 11.7. The maximum atomic E-state index is 13.1. The number of nitrogens with zero attached hydrogens (tertiary/aromatic N) is 2. The number of amides is 2. The molecular weight excluding hydrogens is 296 g/mol. The molecule has 2 aliphatic rings. The molecule has 1 aliphatic heterocycles. The van der Waals surface area contributed by atoms with Crippen LogP contribution in [-0.2, 0) is 13.1 Å². The molecule has 1 aliphatic carbocycles. The van der Waals surface area contributed by atoms with Crippen LogP contribution >= 0.6 is 0 Å². The van der Waals surface area contributed by atoms with Crippen molar-refractivity contribution in [3.05, 3.63) is 71.8 Å². The molecule has 0 N–H and O–H groups in total. The summed E-state index contributed by atoms with van der Waals surface area (Å²) in [4.78, 5) is 17.3. The Kier molecular flexibility index (Phi) is 4.01. The lowest BCUT2D eigenvalue weighted by Gasteiger charge is -2.25. The van der Waals surface area contributed by atoms with Gasteiger partial charge in [0.1, 0.15) is 0 Å². The maximum absolute atomic E-state index is 13.1. The van der Waals surface area contributed by atoms with Gasteiger partial charge in [-0.3, -0.25) is 0 Å². The Balaban J connectivity index is 1.59. The van der Waals surface area contributed by atoms with Gasteiger partial charge in [0.25, 0.3) is 0 Å². The molecule has 0 radical (unpaired) electrons. The minimum atomic E-state index is 0.198. The molecule has 1 saturated heterocycles. The summed E-state index contributed by atoms with van der Waals surface area (Å²) < 4.78 is 0. The monoisotopic (exact) mass is 320 g/mol. The van der Waals surface area contributed by atoms with Crippen molar-refractivity contribution in [2.75, 3.05) is 0 Å². The zero-order valence-corrected chi connectivity index (χ0v) is 14.1. The molecule has 3 heteroatoms. The molecule has 1 saturated carbocycles. The summed E-state index contributed by atoms with van der Waals surface area (Å²) in [6, 6.07) is 21.6. The third-order valence-corrected chi connectivity index (χ3v) is 5.54. The van der Waals surface area contributed by atoms with E-state index in [0.29, 0.717) is 18.0 Å². The fraction of sp³-hybridized carbons (Fsp3) is 0.381. The first-order valence-electron chi connectivity index (χ1n) is 8.89. The minimum absolute atomic E-state index is 0.198. The smallest absolute Gasteiger partial charge is 0.315 e. The third kappa shape index (κ3) is 2.68. The van der Waals surface area contributed by atoms with Gasteiger partial charge in [-0.1, -0.05) is 67.6 Å². The Hall–Kier alpha value is -2.29. The van der Waals surface area contributed by atoms with Gasteiger partial charge in [-0.2, -0.15) is 0 Å². The summed E-state index contributed by atoms with van der Waals surface area (Å²) in [5, 5.41) is 0. The second-order valence-electron chi connectivity index (χ2n) is 7.12.